The molecule has 26 heavy (non-hydrogen) atoms. The molecule has 6 heteroatoms. The van der Waals surface area contributed by atoms with Crippen molar-refractivity contribution in [2.75, 3.05) is 0 Å². The molecule has 0 aliphatic heterocycles. The van der Waals surface area contributed by atoms with Gasteiger partial charge in [0.15, 0.2) is 0 Å². The number of rotatable bonds is 4. The molecule has 2 heterocycles. The van der Waals surface area contributed by atoms with Crippen molar-refractivity contribution in [1.82, 2.24) is 4.98 Å². The number of hydrogen-bond donors (Lipinski definition) is 1. The molecule has 0 atom stereocenters. The summed E-state index contributed by atoms with van der Waals surface area (Å²) in [4.78, 5) is 6.40. The van der Waals surface area contributed by atoms with Gasteiger partial charge in [0, 0.05) is 10.3 Å². The first-order valence-corrected chi connectivity index (χ1v) is 10.6. The molecule has 2 N–H and O–H groups in total. The minimum Gasteiger partial charge on any atom is -0.247 e. The minimum atomic E-state index is -3.54. The van der Waals surface area contributed by atoms with Gasteiger partial charge < -0.3 is 0 Å². The summed E-state index contributed by atoms with van der Waals surface area (Å²) >= 11 is 1.40. The van der Waals surface area contributed by atoms with E-state index in [9.17, 15) is 8.42 Å². The van der Waals surface area contributed by atoms with E-state index in [2.05, 4.69) is 24.3 Å². The lowest BCUT2D eigenvalue weighted by molar-refractivity contribution is 0.597. The van der Waals surface area contributed by atoms with Gasteiger partial charge in [-0.1, -0.05) is 48.5 Å². The van der Waals surface area contributed by atoms with Crippen LogP contribution in [0, 0.1) is 0 Å². The van der Waals surface area contributed by atoms with Crippen LogP contribution in [-0.2, 0) is 15.8 Å². The SMILES string of the molecule is NS(=O)(=O)Cc1ccc(-c2cc(-c3ccccc3)c3ccccc3n2)s1. The highest BCUT2D eigenvalue weighted by Crippen LogP contribution is 2.34. The fraction of sp³-hybridized carbons (Fsp3) is 0.0500. The van der Waals surface area contributed by atoms with Crippen LogP contribution in [0.3, 0.4) is 0 Å². The zero-order chi connectivity index (χ0) is 18.1. The van der Waals surface area contributed by atoms with Crippen LogP contribution in [-0.4, -0.2) is 13.4 Å². The second-order valence-electron chi connectivity index (χ2n) is 6.01. The number of nitrogens with zero attached hydrogens (tertiary/aromatic N) is 1. The molecular weight excluding hydrogens is 364 g/mol. The first-order chi connectivity index (χ1) is 12.5. The standard InChI is InChI=1S/C20H16N2O2S2/c21-26(23,24)13-15-10-11-20(25-15)19-12-17(14-6-2-1-3-7-14)16-8-4-5-9-18(16)22-19/h1-12H,13H2,(H2,21,23,24). The lowest BCUT2D eigenvalue weighted by Gasteiger charge is -2.09. The van der Waals surface area contributed by atoms with E-state index in [1.807, 2.05) is 42.5 Å². The zero-order valence-electron chi connectivity index (χ0n) is 13.8. The van der Waals surface area contributed by atoms with Crippen LogP contribution in [0.15, 0.2) is 72.8 Å². The number of fused-ring (bicyclic) bond motifs is 1. The molecule has 0 bridgehead atoms. The third-order valence-electron chi connectivity index (χ3n) is 4.06. The van der Waals surface area contributed by atoms with E-state index in [-0.39, 0.29) is 5.75 Å². The normalized spacial score (nSPS) is 11.7. The highest BCUT2D eigenvalue weighted by atomic mass is 32.2. The zero-order valence-corrected chi connectivity index (χ0v) is 15.4. The molecule has 0 aliphatic carbocycles. The van der Waals surface area contributed by atoms with Gasteiger partial charge in [0.25, 0.3) is 0 Å². The molecule has 2 aromatic carbocycles. The summed E-state index contributed by atoms with van der Waals surface area (Å²) in [5.41, 5.74) is 3.96. The lowest BCUT2D eigenvalue weighted by Crippen LogP contribution is -2.13. The fourth-order valence-electron chi connectivity index (χ4n) is 2.95. The van der Waals surface area contributed by atoms with Gasteiger partial charge in [0.05, 0.1) is 21.8 Å². The largest absolute Gasteiger partial charge is 0.247 e. The van der Waals surface area contributed by atoms with Gasteiger partial charge >= 0.3 is 0 Å². The number of pyridine rings is 1. The van der Waals surface area contributed by atoms with Gasteiger partial charge in [-0.2, -0.15) is 0 Å². The molecule has 0 radical (unpaired) electrons. The fourth-order valence-corrected chi connectivity index (χ4v) is 4.93. The Hall–Kier alpha value is -2.54. The molecule has 0 aliphatic rings. The van der Waals surface area contributed by atoms with E-state index in [0.717, 1.165) is 32.6 Å². The molecule has 2 aromatic heterocycles. The predicted molar refractivity (Wildman–Crippen MR) is 107 cm³/mol. The van der Waals surface area contributed by atoms with Crippen molar-refractivity contribution in [3.8, 4) is 21.7 Å². The number of aromatic nitrogens is 1. The highest BCUT2D eigenvalue weighted by molar-refractivity contribution is 7.88. The van der Waals surface area contributed by atoms with Crippen LogP contribution in [0.4, 0.5) is 0 Å². The molecule has 130 valence electrons. The predicted octanol–water partition coefficient (Wildman–Crippen LogP) is 4.42. The van der Waals surface area contributed by atoms with Crippen molar-refractivity contribution in [3.05, 3.63) is 77.7 Å². The second-order valence-corrected chi connectivity index (χ2v) is 8.79. The first kappa shape index (κ1) is 16.9. The van der Waals surface area contributed by atoms with Gasteiger partial charge in [-0.05, 0) is 35.4 Å². The number of thiophene rings is 1. The summed E-state index contributed by atoms with van der Waals surface area (Å²) < 4.78 is 22.7. The molecule has 4 nitrogen and oxygen atoms in total. The van der Waals surface area contributed by atoms with Crippen molar-refractivity contribution >= 4 is 32.3 Å². The Morgan fingerprint density at radius 2 is 1.65 bits per heavy atom. The second kappa shape index (κ2) is 6.64. The van der Waals surface area contributed by atoms with E-state index in [1.54, 1.807) is 6.07 Å². The van der Waals surface area contributed by atoms with E-state index in [4.69, 9.17) is 10.1 Å². The van der Waals surface area contributed by atoms with Crippen LogP contribution in [0.2, 0.25) is 0 Å². The molecular formula is C20H16N2O2S2. The van der Waals surface area contributed by atoms with E-state index >= 15 is 0 Å². The van der Waals surface area contributed by atoms with Gasteiger partial charge in [0.1, 0.15) is 0 Å². The van der Waals surface area contributed by atoms with E-state index in [0.29, 0.717) is 4.88 Å². The Morgan fingerprint density at radius 1 is 0.923 bits per heavy atom. The summed E-state index contributed by atoms with van der Waals surface area (Å²) in [5, 5.41) is 6.24. The Balaban J connectivity index is 1.87. The minimum absolute atomic E-state index is 0.156. The first-order valence-electron chi connectivity index (χ1n) is 8.04. The maximum absolute atomic E-state index is 11.3. The average molecular weight is 380 g/mol. The number of primary sulfonamides is 1. The number of sulfonamides is 1. The van der Waals surface area contributed by atoms with Crippen molar-refractivity contribution in [1.29, 1.82) is 0 Å². The lowest BCUT2D eigenvalue weighted by atomic mass is 10.00. The van der Waals surface area contributed by atoms with Crippen LogP contribution in [0.5, 0.6) is 0 Å². The Morgan fingerprint density at radius 3 is 2.42 bits per heavy atom. The van der Waals surface area contributed by atoms with Gasteiger partial charge in [-0.3, -0.25) is 0 Å². The molecule has 4 rings (SSSR count). The number of para-hydroxylation sites is 1. The van der Waals surface area contributed by atoms with Crippen molar-refractivity contribution in [3.63, 3.8) is 0 Å². The maximum Gasteiger partial charge on any atom is 0.214 e. The number of hydrogen-bond acceptors (Lipinski definition) is 4. The summed E-state index contributed by atoms with van der Waals surface area (Å²) in [6.07, 6.45) is 0. The summed E-state index contributed by atoms with van der Waals surface area (Å²) in [6, 6.07) is 24.0. The molecule has 0 saturated carbocycles. The number of nitrogens with two attached hydrogens (primary N) is 1. The molecule has 4 aromatic rings. The third-order valence-corrected chi connectivity index (χ3v) is 6.06. The Labute approximate surface area is 156 Å². The molecule has 0 spiro atoms. The third kappa shape index (κ3) is 3.53. The monoisotopic (exact) mass is 380 g/mol. The molecule has 0 saturated heterocycles. The van der Waals surface area contributed by atoms with Crippen LogP contribution in [0.25, 0.3) is 32.6 Å². The smallest absolute Gasteiger partial charge is 0.214 e. The van der Waals surface area contributed by atoms with E-state index in [1.165, 1.54) is 11.3 Å². The molecule has 0 unspecified atom stereocenters. The summed E-state index contributed by atoms with van der Waals surface area (Å²) in [7, 11) is -3.54. The van der Waals surface area contributed by atoms with Gasteiger partial charge in [0.2, 0.25) is 10.0 Å². The average Bonchev–Trinajstić information content (AvgIpc) is 3.08. The van der Waals surface area contributed by atoms with Crippen LogP contribution in [0.1, 0.15) is 4.88 Å². The maximum atomic E-state index is 11.3. The molecule has 0 amide bonds. The summed E-state index contributed by atoms with van der Waals surface area (Å²) in [6.45, 7) is 0. The van der Waals surface area contributed by atoms with Crippen molar-refractivity contribution in [2.24, 2.45) is 5.14 Å². The quantitative estimate of drug-likeness (QED) is 0.570. The highest BCUT2D eigenvalue weighted by Gasteiger charge is 2.13. The van der Waals surface area contributed by atoms with Crippen molar-refractivity contribution < 1.29 is 8.42 Å². The van der Waals surface area contributed by atoms with Crippen LogP contribution >= 0.6 is 11.3 Å². The Bertz CT molecular complexity index is 1180. The van der Waals surface area contributed by atoms with Crippen LogP contribution < -0.4 is 5.14 Å². The molecule has 0 fully saturated rings. The van der Waals surface area contributed by atoms with Crippen molar-refractivity contribution in [2.45, 2.75) is 5.75 Å². The Kier molecular flexibility index (Phi) is 4.32. The summed E-state index contributed by atoms with van der Waals surface area (Å²) in [5.74, 6) is -0.156. The topological polar surface area (TPSA) is 73.1 Å². The number of benzene rings is 2. The van der Waals surface area contributed by atoms with Gasteiger partial charge in [-0.25, -0.2) is 18.5 Å². The van der Waals surface area contributed by atoms with Gasteiger partial charge in [-0.15, -0.1) is 11.3 Å². The van der Waals surface area contributed by atoms with E-state index < -0.39 is 10.0 Å².